The minimum atomic E-state index is -0.327. The van der Waals surface area contributed by atoms with Gasteiger partial charge in [-0.2, -0.15) is 0 Å². The van der Waals surface area contributed by atoms with Gasteiger partial charge in [-0.3, -0.25) is 14.5 Å². The Hall–Kier alpha value is -1.60. The van der Waals surface area contributed by atoms with Crippen LogP contribution in [-0.2, 0) is 4.79 Å². The van der Waals surface area contributed by atoms with Gasteiger partial charge in [0.05, 0.1) is 11.4 Å². The quantitative estimate of drug-likeness (QED) is 0.837. The Morgan fingerprint density at radius 2 is 2.05 bits per heavy atom. The van der Waals surface area contributed by atoms with E-state index in [0.717, 1.165) is 17.8 Å². The zero-order valence-corrected chi connectivity index (χ0v) is 12.4. The fourth-order valence-corrected chi connectivity index (χ4v) is 3.22. The van der Waals surface area contributed by atoms with E-state index >= 15 is 0 Å². The van der Waals surface area contributed by atoms with Gasteiger partial charge in [-0.15, -0.1) is 11.3 Å². The number of amides is 2. The van der Waals surface area contributed by atoms with Crippen molar-refractivity contribution in [3.8, 4) is 0 Å². The molecule has 0 atom stereocenters. The third kappa shape index (κ3) is 3.49. The van der Waals surface area contributed by atoms with E-state index in [0.29, 0.717) is 30.2 Å². The van der Waals surface area contributed by atoms with E-state index in [1.807, 2.05) is 16.7 Å². The largest absolute Gasteiger partial charge is 0.398 e. The molecule has 1 saturated heterocycles. The number of nitrogen functional groups attached to an aromatic ring is 1. The molecule has 0 saturated carbocycles. The lowest BCUT2D eigenvalue weighted by Gasteiger charge is -2.20. The Labute approximate surface area is 122 Å². The molecule has 1 aromatic rings. The highest BCUT2D eigenvalue weighted by Gasteiger charge is 2.22. The minimum absolute atomic E-state index is 0.0238. The van der Waals surface area contributed by atoms with E-state index in [1.165, 1.54) is 11.3 Å². The second kappa shape index (κ2) is 6.23. The number of primary amides is 1. The first kappa shape index (κ1) is 14.8. The van der Waals surface area contributed by atoms with Crippen molar-refractivity contribution in [2.75, 3.05) is 38.5 Å². The number of nitrogens with zero attached hydrogens (tertiary/aromatic N) is 2. The van der Waals surface area contributed by atoms with Crippen molar-refractivity contribution in [1.29, 1.82) is 0 Å². The molecule has 110 valence electrons. The van der Waals surface area contributed by atoms with Crippen molar-refractivity contribution >= 4 is 28.8 Å². The molecular formula is C13H20N4O2S. The summed E-state index contributed by atoms with van der Waals surface area (Å²) in [5, 5.41) is 0. The normalized spacial score (nSPS) is 16.9. The molecule has 0 bridgehead atoms. The van der Waals surface area contributed by atoms with Gasteiger partial charge in [0.15, 0.2) is 0 Å². The van der Waals surface area contributed by atoms with Gasteiger partial charge in [-0.25, -0.2) is 0 Å². The fourth-order valence-electron chi connectivity index (χ4n) is 2.31. The molecule has 0 radical (unpaired) electrons. The molecule has 0 aliphatic carbocycles. The molecular weight excluding hydrogens is 276 g/mol. The first-order valence-electron chi connectivity index (χ1n) is 6.63. The zero-order chi connectivity index (χ0) is 14.7. The van der Waals surface area contributed by atoms with Gasteiger partial charge in [-0.1, -0.05) is 0 Å². The third-order valence-electron chi connectivity index (χ3n) is 3.42. The van der Waals surface area contributed by atoms with Gasteiger partial charge in [0.1, 0.15) is 0 Å². The van der Waals surface area contributed by atoms with Gasteiger partial charge < -0.3 is 16.4 Å². The molecule has 20 heavy (non-hydrogen) atoms. The predicted octanol–water partition coefficient (Wildman–Crippen LogP) is 0.272. The van der Waals surface area contributed by atoms with E-state index in [-0.39, 0.29) is 18.4 Å². The predicted molar refractivity (Wildman–Crippen MR) is 79.6 cm³/mol. The molecule has 1 aliphatic heterocycles. The monoisotopic (exact) mass is 296 g/mol. The van der Waals surface area contributed by atoms with Gasteiger partial charge in [0.2, 0.25) is 5.91 Å². The summed E-state index contributed by atoms with van der Waals surface area (Å²) in [6.45, 7) is 4.95. The summed E-state index contributed by atoms with van der Waals surface area (Å²) in [6, 6.07) is 1.74. The first-order chi connectivity index (χ1) is 9.47. The van der Waals surface area contributed by atoms with Crippen LogP contribution in [-0.4, -0.2) is 54.3 Å². The van der Waals surface area contributed by atoms with E-state index in [4.69, 9.17) is 11.5 Å². The summed E-state index contributed by atoms with van der Waals surface area (Å²) < 4.78 is 0. The average molecular weight is 296 g/mol. The highest BCUT2D eigenvalue weighted by atomic mass is 32.1. The molecule has 2 rings (SSSR count). The Bertz CT molecular complexity index is 495. The molecule has 6 nitrogen and oxygen atoms in total. The van der Waals surface area contributed by atoms with Crippen LogP contribution in [0.1, 0.15) is 21.0 Å². The second-order valence-electron chi connectivity index (χ2n) is 5.01. The smallest absolute Gasteiger partial charge is 0.264 e. The number of anilines is 1. The summed E-state index contributed by atoms with van der Waals surface area (Å²) in [5.74, 6) is -0.304. The minimum Gasteiger partial charge on any atom is -0.398 e. The summed E-state index contributed by atoms with van der Waals surface area (Å²) in [7, 11) is 0. The molecule has 0 aromatic carbocycles. The molecule has 0 unspecified atom stereocenters. The molecule has 2 heterocycles. The van der Waals surface area contributed by atoms with Crippen LogP contribution in [0.15, 0.2) is 6.07 Å². The molecule has 7 heteroatoms. The fraction of sp³-hybridized carbons (Fsp3) is 0.538. The number of carbonyl (C=O) groups excluding carboxylic acids is 2. The SMILES string of the molecule is Cc1sc(C(=O)N2CCCN(CC(N)=O)CC2)cc1N. The Morgan fingerprint density at radius 1 is 1.30 bits per heavy atom. The lowest BCUT2D eigenvalue weighted by atomic mass is 10.3. The number of aryl methyl sites for hydroxylation is 1. The lowest BCUT2D eigenvalue weighted by Crippen LogP contribution is -2.38. The summed E-state index contributed by atoms with van der Waals surface area (Å²) >= 11 is 1.43. The maximum atomic E-state index is 12.4. The van der Waals surface area contributed by atoms with Crippen LogP contribution in [0.3, 0.4) is 0 Å². The van der Waals surface area contributed by atoms with Crippen LogP contribution in [0, 0.1) is 6.92 Å². The summed E-state index contributed by atoms with van der Waals surface area (Å²) in [4.78, 5) is 28.8. The van der Waals surface area contributed by atoms with Gasteiger partial charge in [0.25, 0.3) is 5.91 Å². The van der Waals surface area contributed by atoms with Crippen molar-refractivity contribution in [2.24, 2.45) is 5.73 Å². The first-order valence-corrected chi connectivity index (χ1v) is 7.45. The molecule has 4 N–H and O–H groups in total. The van der Waals surface area contributed by atoms with Crippen LogP contribution < -0.4 is 11.5 Å². The van der Waals surface area contributed by atoms with Crippen molar-refractivity contribution < 1.29 is 9.59 Å². The topological polar surface area (TPSA) is 92.7 Å². The van der Waals surface area contributed by atoms with Crippen molar-refractivity contribution in [3.63, 3.8) is 0 Å². The molecule has 2 amide bonds. The van der Waals surface area contributed by atoms with E-state index < -0.39 is 0 Å². The number of nitrogens with two attached hydrogens (primary N) is 2. The molecule has 1 aromatic heterocycles. The number of rotatable bonds is 3. The van der Waals surface area contributed by atoms with E-state index in [1.54, 1.807) is 6.07 Å². The average Bonchev–Trinajstić information content (AvgIpc) is 2.60. The Kier molecular flexibility index (Phi) is 4.61. The standard InChI is InChI=1S/C13H20N4O2S/c1-9-10(14)7-11(20-9)13(19)17-4-2-3-16(5-6-17)8-12(15)18/h7H,2-6,8,14H2,1H3,(H2,15,18). The van der Waals surface area contributed by atoms with Crippen LogP contribution in [0.25, 0.3) is 0 Å². The summed E-state index contributed by atoms with van der Waals surface area (Å²) in [6.07, 6.45) is 0.846. The third-order valence-corrected chi connectivity index (χ3v) is 4.48. The zero-order valence-electron chi connectivity index (χ0n) is 11.6. The lowest BCUT2D eigenvalue weighted by molar-refractivity contribution is -0.119. The Balaban J connectivity index is 1.99. The van der Waals surface area contributed by atoms with Crippen LogP contribution in [0.5, 0.6) is 0 Å². The van der Waals surface area contributed by atoms with Gasteiger partial charge >= 0.3 is 0 Å². The van der Waals surface area contributed by atoms with Crippen LogP contribution in [0.2, 0.25) is 0 Å². The van der Waals surface area contributed by atoms with Gasteiger partial charge in [-0.05, 0) is 19.4 Å². The second-order valence-corrected chi connectivity index (χ2v) is 6.27. The van der Waals surface area contributed by atoms with Crippen LogP contribution in [0.4, 0.5) is 5.69 Å². The van der Waals surface area contributed by atoms with Crippen molar-refractivity contribution in [2.45, 2.75) is 13.3 Å². The van der Waals surface area contributed by atoms with Crippen molar-refractivity contribution in [3.05, 3.63) is 15.8 Å². The molecule has 1 aliphatic rings. The van der Waals surface area contributed by atoms with Gasteiger partial charge in [0, 0.05) is 36.7 Å². The maximum Gasteiger partial charge on any atom is 0.264 e. The van der Waals surface area contributed by atoms with E-state index in [2.05, 4.69) is 0 Å². The number of thiophene rings is 1. The number of carbonyl (C=O) groups is 2. The van der Waals surface area contributed by atoms with Crippen LogP contribution >= 0.6 is 11.3 Å². The highest BCUT2D eigenvalue weighted by molar-refractivity contribution is 7.14. The molecule has 0 spiro atoms. The number of hydrogen-bond acceptors (Lipinski definition) is 5. The number of hydrogen-bond donors (Lipinski definition) is 2. The summed E-state index contributed by atoms with van der Waals surface area (Å²) in [5.41, 5.74) is 11.7. The molecule has 1 fully saturated rings. The van der Waals surface area contributed by atoms with E-state index in [9.17, 15) is 9.59 Å². The van der Waals surface area contributed by atoms with Crippen molar-refractivity contribution in [1.82, 2.24) is 9.80 Å². The highest BCUT2D eigenvalue weighted by Crippen LogP contribution is 2.25. The maximum absolute atomic E-state index is 12.4. The Morgan fingerprint density at radius 3 is 2.65 bits per heavy atom.